The maximum atomic E-state index is 12.0. The van der Waals surface area contributed by atoms with Crippen molar-refractivity contribution in [3.63, 3.8) is 0 Å². The first-order valence-electron chi connectivity index (χ1n) is 4.99. The van der Waals surface area contributed by atoms with Crippen LogP contribution in [-0.2, 0) is 9.73 Å². The molecule has 0 aliphatic carbocycles. The van der Waals surface area contributed by atoms with E-state index in [1.54, 1.807) is 0 Å². The van der Waals surface area contributed by atoms with E-state index in [9.17, 15) is 4.21 Å². The van der Waals surface area contributed by atoms with E-state index < -0.39 is 9.73 Å². The Morgan fingerprint density at radius 3 is 2.20 bits per heavy atom. The summed E-state index contributed by atoms with van der Waals surface area (Å²) in [6.45, 7) is 3.92. The van der Waals surface area contributed by atoms with Crippen LogP contribution in [0.5, 0.6) is 0 Å². The van der Waals surface area contributed by atoms with Gasteiger partial charge in [-0.25, -0.2) is 4.21 Å². The zero-order valence-corrected chi connectivity index (χ0v) is 10.5. The first-order valence-corrected chi connectivity index (χ1v) is 7.23. The lowest BCUT2D eigenvalue weighted by atomic mass is 10.1. The summed E-state index contributed by atoms with van der Waals surface area (Å²) in [5.74, 6) is 1.49. The Morgan fingerprint density at radius 1 is 1.27 bits per heavy atom. The Balaban J connectivity index is 2.54. The summed E-state index contributed by atoms with van der Waals surface area (Å²) in [6.07, 6.45) is 1.04. The molecule has 1 aromatic carbocycles. The normalized spacial score (nSPS) is 18.3. The minimum atomic E-state index is -1.92. The van der Waals surface area contributed by atoms with Crippen molar-refractivity contribution >= 4 is 27.0 Å². The molecule has 1 aliphatic rings. The molecular weight excluding hydrogens is 230 g/mol. The molecule has 2 rings (SSSR count). The first-order chi connectivity index (χ1) is 7.00. The number of hydrogen-bond donors (Lipinski definition) is 0. The fourth-order valence-electron chi connectivity index (χ4n) is 1.70. The lowest BCUT2D eigenvalue weighted by Gasteiger charge is -2.19. The lowest BCUT2D eigenvalue weighted by Crippen LogP contribution is -2.23. The van der Waals surface area contributed by atoms with E-state index in [1.165, 1.54) is 0 Å². The quantitative estimate of drug-likeness (QED) is 0.743. The second-order valence-corrected chi connectivity index (χ2v) is 6.99. The molecule has 4 heteroatoms. The third-order valence-corrected chi connectivity index (χ3v) is 5.23. The van der Waals surface area contributed by atoms with Gasteiger partial charge in [0.15, 0.2) is 0 Å². The van der Waals surface area contributed by atoms with E-state index >= 15 is 0 Å². The van der Waals surface area contributed by atoms with Crippen LogP contribution in [0.2, 0.25) is 5.02 Å². The Kier molecular flexibility index (Phi) is 2.77. The van der Waals surface area contributed by atoms with Crippen LogP contribution in [0.25, 0.3) is 0 Å². The molecule has 15 heavy (non-hydrogen) atoms. The van der Waals surface area contributed by atoms with Crippen LogP contribution >= 0.6 is 11.6 Å². The van der Waals surface area contributed by atoms with Crippen molar-refractivity contribution in [1.29, 1.82) is 0 Å². The van der Waals surface area contributed by atoms with Gasteiger partial charge in [-0.2, -0.15) is 4.36 Å². The van der Waals surface area contributed by atoms with E-state index in [0.29, 0.717) is 5.02 Å². The van der Waals surface area contributed by atoms with Crippen LogP contribution in [0.3, 0.4) is 0 Å². The second-order valence-electron chi connectivity index (χ2n) is 4.01. The van der Waals surface area contributed by atoms with Crippen LogP contribution in [0, 0.1) is 13.8 Å². The molecule has 0 saturated carbocycles. The van der Waals surface area contributed by atoms with Gasteiger partial charge in [0.05, 0.1) is 15.4 Å². The van der Waals surface area contributed by atoms with Crippen molar-refractivity contribution < 1.29 is 4.21 Å². The van der Waals surface area contributed by atoms with Gasteiger partial charge in [-0.1, -0.05) is 11.6 Å². The maximum absolute atomic E-state index is 12.0. The lowest BCUT2D eigenvalue weighted by molar-refractivity contribution is 0.663. The van der Waals surface area contributed by atoms with Crippen LogP contribution in [0.4, 0.5) is 5.69 Å². The van der Waals surface area contributed by atoms with Crippen molar-refractivity contribution in [3.8, 4) is 0 Å². The highest BCUT2D eigenvalue weighted by Crippen LogP contribution is 2.30. The van der Waals surface area contributed by atoms with Crippen molar-refractivity contribution in [2.45, 2.75) is 20.3 Å². The summed E-state index contributed by atoms with van der Waals surface area (Å²) in [4.78, 5) is 0. The van der Waals surface area contributed by atoms with Gasteiger partial charge in [-0.3, -0.25) is 0 Å². The minimum absolute atomic E-state index is 0.715. The molecule has 0 unspecified atom stereocenters. The molecule has 2 nitrogen and oxygen atoms in total. The summed E-state index contributed by atoms with van der Waals surface area (Å²) >= 11 is 5.93. The van der Waals surface area contributed by atoms with Gasteiger partial charge in [0.25, 0.3) is 0 Å². The highest BCUT2D eigenvalue weighted by molar-refractivity contribution is 7.95. The van der Waals surface area contributed by atoms with Crippen LogP contribution in [0.15, 0.2) is 16.5 Å². The highest BCUT2D eigenvalue weighted by atomic mass is 35.5. The molecule has 82 valence electrons. The largest absolute Gasteiger partial charge is 0.249 e. The zero-order valence-electron chi connectivity index (χ0n) is 8.92. The van der Waals surface area contributed by atoms with Crippen LogP contribution < -0.4 is 0 Å². The molecule has 0 atom stereocenters. The van der Waals surface area contributed by atoms with Gasteiger partial charge in [0, 0.05) is 16.5 Å². The molecular formula is C11H14ClNOS. The van der Waals surface area contributed by atoms with Crippen molar-refractivity contribution in [2.24, 2.45) is 4.36 Å². The Morgan fingerprint density at radius 2 is 1.80 bits per heavy atom. The molecule has 0 bridgehead atoms. The molecule has 1 saturated heterocycles. The van der Waals surface area contributed by atoms with Crippen molar-refractivity contribution in [2.75, 3.05) is 11.5 Å². The maximum Gasteiger partial charge on any atom is 0.0789 e. The highest BCUT2D eigenvalue weighted by Gasteiger charge is 2.20. The van der Waals surface area contributed by atoms with Gasteiger partial charge in [0.1, 0.15) is 0 Å². The Labute approximate surface area is 95.8 Å². The molecule has 0 amide bonds. The fraction of sp³-hybridized carbons (Fsp3) is 0.455. The van der Waals surface area contributed by atoms with E-state index in [2.05, 4.69) is 4.36 Å². The van der Waals surface area contributed by atoms with Gasteiger partial charge in [0.2, 0.25) is 0 Å². The van der Waals surface area contributed by atoms with Gasteiger partial charge < -0.3 is 0 Å². The molecule has 1 aromatic rings. The molecule has 0 aromatic heterocycles. The monoisotopic (exact) mass is 243 g/mol. The zero-order chi connectivity index (χ0) is 11.1. The number of aryl methyl sites for hydroxylation is 2. The average molecular weight is 244 g/mol. The second kappa shape index (κ2) is 3.80. The van der Waals surface area contributed by atoms with Gasteiger partial charge in [-0.15, -0.1) is 0 Å². The molecule has 1 aliphatic heterocycles. The minimum Gasteiger partial charge on any atom is -0.249 e. The molecule has 1 heterocycles. The van der Waals surface area contributed by atoms with E-state index in [4.69, 9.17) is 11.6 Å². The van der Waals surface area contributed by atoms with E-state index in [0.717, 1.165) is 34.7 Å². The summed E-state index contributed by atoms with van der Waals surface area (Å²) in [5, 5.41) is 0.715. The first kappa shape index (κ1) is 11.0. The SMILES string of the molecule is Cc1cc(Cl)cc(C)c1N=S1(=O)CCC1. The third-order valence-electron chi connectivity index (χ3n) is 2.64. The molecule has 0 N–H and O–H groups in total. The molecule has 1 fully saturated rings. The van der Waals surface area contributed by atoms with Crippen molar-refractivity contribution in [1.82, 2.24) is 0 Å². The molecule has 0 spiro atoms. The number of nitrogens with zero attached hydrogens (tertiary/aromatic N) is 1. The summed E-state index contributed by atoms with van der Waals surface area (Å²) in [6, 6.07) is 3.74. The number of benzene rings is 1. The topological polar surface area (TPSA) is 29.4 Å². The Hall–Kier alpha value is -0.540. The predicted molar refractivity (Wildman–Crippen MR) is 65.5 cm³/mol. The Bertz CT molecular complexity index is 482. The summed E-state index contributed by atoms with van der Waals surface area (Å²) in [5.41, 5.74) is 2.88. The smallest absolute Gasteiger partial charge is 0.0789 e. The van der Waals surface area contributed by atoms with Gasteiger partial charge in [-0.05, 0) is 43.5 Å². The van der Waals surface area contributed by atoms with E-state index in [1.807, 2.05) is 26.0 Å². The number of halogens is 1. The number of hydrogen-bond acceptors (Lipinski definition) is 2. The van der Waals surface area contributed by atoms with Gasteiger partial charge >= 0.3 is 0 Å². The van der Waals surface area contributed by atoms with E-state index in [-0.39, 0.29) is 0 Å². The number of rotatable bonds is 1. The third kappa shape index (κ3) is 2.18. The van der Waals surface area contributed by atoms with Crippen molar-refractivity contribution in [3.05, 3.63) is 28.3 Å². The summed E-state index contributed by atoms with van der Waals surface area (Å²) in [7, 11) is -1.92. The summed E-state index contributed by atoms with van der Waals surface area (Å²) < 4.78 is 16.4. The predicted octanol–water partition coefficient (Wildman–Crippen LogP) is 3.46. The molecule has 0 radical (unpaired) electrons. The fourth-order valence-corrected chi connectivity index (χ4v) is 3.61. The standard InChI is InChI=1S/C11H14ClNOS/c1-8-6-10(12)7-9(2)11(8)13-15(14)4-3-5-15/h6-7H,3-5H2,1-2H3. The van der Waals surface area contributed by atoms with Crippen LogP contribution in [0.1, 0.15) is 17.5 Å². The average Bonchev–Trinajstić information content (AvgIpc) is 2.08. The van der Waals surface area contributed by atoms with Crippen LogP contribution in [-0.4, -0.2) is 15.7 Å².